The monoisotopic (exact) mass is 306 g/mol. The van der Waals surface area contributed by atoms with Crippen molar-refractivity contribution in [3.63, 3.8) is 0 Å². The van der Waals surface area contributed by atoms with Gasteiger partial charge in [0.05, 0.1) is 16.8 Å². The van der Waals surface area contributed by atoms with Crippen molar-refractivity contribution in [2.45, 2.75) is 39.7 Å². The molecule has 0 spiro atoms. The molecule has 0 atom stereocenters. The van der Waals surface area contributed by atoms with Crippen LogP contribution in [-0.4, -0.2) is 23.7 Å². The third-order valence-corrected chi connectivity index (χ3v) is 4.28. The van der Waals surface area contributed by atoms with E-state index in [1.54, 1.807) is 11.3 Å². The van der Waals surface area contributed by atoms with Crippen molar-refractivity contribution >= 4 is 27.5 Å². The van der Waals surface area contributed by atoms with Gasteiger partial charge in [0.25, 0.3) is 0 Å². The zero-order valence-electron chi connectivity index (χ0n) is 12.7. The molecule has 0 radical (unpaired) electrons. The molecule has 0 unspecified atom stereocenters. The average Bonchev–Trinajstić information content (AvgIpc) is 2.83. The van der Waals surface area contributed by atoms with E-state index >= 15 is 0 Å². The maximum absolute atomic E-state index is 11.9. The maximum atomic E-state index is 11.9. The van der Waals surface area contributed by atoms with E-state index in [4.69, 9.17) is 4.74 Å². The number of para-hydroxylation sites is 1. The van der Waals surface area contributed by atoms with E-state index in [9.17, 15) is 4.79 Å². The fourth-order valence-corrected chi connectivity index (χ4v) is 3.19. The molecule has 0 saturated heterocycles. The number of ether oxygens (including phenoxy) is 1. The third-order valence-electron chi connectivity index (χ3n) is 3.22. The van der Waals surface area contributed by atoms with Gasteiger partial charge in [0, 0.05) is 19.6 Å². The second-order valence-electron chi connectivity index (χ2n) is 4.81. The molecule has 0 aliphatic heterocycles. The van der Waals surface area contributed by atoms with Crippen LogP contribution in [0.1, 0.15) is 33.1 Å². The summed E-state index contributed by atoms with van der Waals surface area (Å²) in [4.78, 5) is 17.0. The summed E-state index contributed by atoms with van der Waals surface area (Å²) in [5.74, 6) is -0.0337. The van der Waals surface area contributed by atoms with Crippen molar-refractivity contribution in [1.29, 1.82) is 0 Å². The maximum Gasteiger partial charge on any atom is 0.248 e. The number of thiazole rings is 1. The molecule has 5 heteroatoms. The van der Waals surface area contributed by atoms with Gasteiger partial charge in [-0.1, -0.05) is 36.8 Å². The minimum absolute atomic E-state index is 0.0337. The van der Waals surface area contributed by atoms with E-state index in [1.165, 1.54) is 0 Å². The summed E-state index contributed by atoms with van der Waals surface area (Å²) in [6, 6.07) is 8.14. The van der Waals surface area contributed by atoms with Gasteiger partial charge >= 0.3 is 0 Å². The van der Waals surface area contributed by atoms with Crippen LogP contribution < -0.4 is 4.80 Å². The minimum atomic E-state index is -0.0337. The van der Waals surface area contributed by atoms with Crippen molar-refractivity contribution < 1.29 is 9.53 Å². The summed E-state index contributed by atoms with van der Waals surface area (Å²) >= 11 is 1.56. The summed E-state index contributed by atoms with van der Waals surface area (Å²) < 4.78 is 8.67. The SMILES string of the molecule is CCCCC(=O)N=c1sc2ccccc2n1CCOCC. The van der Waals surface area contributed by atoms with Gasteiger partial charge in [0.15, 0.2) is 4.80 Å². The van der Waals surface area contributed by atoms with Gasteiger partial charge < -0.3 is 9.30 Å². The molecule has 1 heterocycles. The number of hydrogen-bond acceptors (Lipinski definition) is 3. The smallest absolute Gasteiger partial charge is 0.248 e. The molecule has 0 saturated carbocycles. The van der Waals surface area contributed by atoms with E-state index < -0.39 is 0 Å². The topological polar surface area (TPSA) is 43.6 Å². The molecular weight excluding hydrogens is 284 g/mol. The number of fused-ring (bicyclic) bond motifs is 1. The van der Waals surface area contributed by atoms with Crippen LogP contribution in [0.2, 0.25) is 0 Å². The number of amides is 1. The van der Waals surface area contributed by atoms with E-state index in [1.807, 2.05) is 19.1 Å². The summed E-state index contributed by atoms with van der Waals surface area (Å²) in [5, 5.41) is 0. The first-order valence-corrected chi connectivity index (χ1v) is 8.31. The first kappa shape index (κ1) is 15.9. The Morgan fingerprint density at radius 3 is 2.90 bits per heavy atom. The Labute approximate surface area is 129 Å². The van der Waals surface area contributed by atoms with Gasteiger partial charge in [-0.3, -0.25) is 4.79 Å². The lowest BCUT2D eigenvalue weighted by Crippen LogP contribution is -2.19. The molecule has 2 rings (SSSR count). The van der Waals surface area contributed by atoms with Gasteiger partial charge in [-0.15, -0.1) is 0 Å². The molecule has 1 amide bonds. The normalized spacial score (nSPS) is 12.2. The van der Waals surface area contributed by atoms with Gasteiger partial charge in [0.2, 0.25) is 5.91 Å². The number of hydrogen-bond donors (Lipinski definition) is 0. The molecule has 4 nitrogen and oxygen atoms in total. The fraction of sp³-hybridized carbons (Fsp3) is 0.500. The Bertz CT molecular complexity index is 658. The predicted molar refractivity (Wildman–Crippen MR) is 86.4 cm³/mol. The molecular formula is C16H22N2O2S. The molecule has 0 aliphatic carbocycles. The lowest BCUT2D eigenvalue weighted by atomic mass is 10.2. The molecule has 114 valence electrons. The third kappa shape index (κ3) is 4.25. The molecule has 21 heavy (non-hydrogen) atoms. The Balaban J connectivity index is 2.34. The lowest BCUT2D eigenvalue weighted by Gasteiger charge is -2.05. The number of carbonyl (C=O) groups excluding carboxylic acids is 1. The number of unbranched alkanes of at least 4 members (excludes halogenated alkanes) is 1. The number of carbonyl (C=O) groups is 1. The Morgan fingerprint density at radius 2 is 2.14 bits per heavy atom. The van der Waals surface area contributed by atoms with Crippen LogP contribution >= 0.6 is 11.3 Å². The number of benzene rings is 1. The number of nitrogens with zero attached hydrogens (tertiary/aromatic N) is 2. The summed E-state index contributed by atoms with van der Waals surface area (Å²) in [5.41, 5.74) is 1.12. The molecule has 0 aliphatic rings. The molecule has 1 aromatic heterocycles. The summed E-state index contributed by atoms with van der Waals surface area (Å²) in [6.45, 7) is 6.11. The van der Waals surface area contributed by atoms with Crippen LogP contribution in [0.25, 0.3) is 10.2 Å². The molecule has 1 aromatic carbocycles. The van der Waals surface area contributed by atoms with E-state index in [0.717, 1.165) is 34.4 Å². The average molecular weight is 306 g/mol. The standard InChI is InChI=1S/C16H22N2O2S/c1-3-5-10-15(19)17-16-18(11-12-20-4-2)13-8-6-7-9-14(13)21-16/h6-9H,3-5,10-12H2,1-2H3. The van der Waals surface area contributed by atoms with Crippen LogP contribution in [-0.2, 0) is 16.1 Å². The van der Waals surface area contributed by atoms with E-state index in [-0.39, 0.29) is 5.91 Å². The molecule has 2 aromatic rings. The van der Waals surface area contributed by atoms with Crippen molar-refractivity contribution in [2.24, 2.45) is 4.99 Å². The van der Waals surface area contributed by atoms with Crippen LogP contribution in [0.4, 0.5) is 0 Å². The summed E-state index contributed by atoms with van der Waals surface area (Å²) in [7, 11) is 0. The second-order valence-corrected chi connectivity index (χ2v) is 5.82. The van der Waals surface area contributed by atoms with Gasteiger partial charge in [-0.2, -0.15) is 4.99 Å². The van der Waals surface area contributed by atoms with E-state index in [2.05, 4.69) is 28.6 Å². The highest BCUT2D eigenvalue weighted by Crippen LogP contribution is 2.16. The zero-order chi connectivity index (χ0) is 15.1. The van der Waals surface area contributed by atoms with Gasteiger partial charge in [-0.05, 0) is 25.5 Å². The van der Waals surface area contributed by atoms with Crippen molar-refractivity contribution in [2.75, 3.05) is 13.2 Å². The first-order chi connectivity index (χ1) is 10.3. The first-order valence-electron chi connectivity index (χ1n) is 7.50. The quantitative estimate of drug-likeness (QED) is 0.736. The largest absolute Gasteiger partial charge is 0.380 e. The predicted octanol–water partition coefficient (Wildman–Crippen LogP) is 3.36. The van der Waals surface area contributed by atoms with Crippen molar-refractivity contribution in [3.8, 4) is 0 Å². The van der Waals surface area contributed by atoms with Crippen LogP contribution in [0.15, 0.2) is 29.3 Å². The Hall–Kier alpha value is -1.46. The molecule has 0 fully saturated rings. The second kappa shape index (κ2) is 8.10. The fourth-order valence-electron chi connectivity index (χ4n) is 2.11. The molecule has 0 N–H and O–H groups in total. The van der Waals surface area contributed by atoms with Crippen molar-refractivity contribution in [1.82, 2.24) is 4.57 Å². The Morgan fingerprint density at radius 1 is 1.33 bits per heavy atom. The van der Waals surface area contributed by atoms with Crippen LogP contribution in [0, 0.1) is 0 Å². The highest BCUT2D eigenvalue weighted by atomic mass is 32.1. The summed E-state index contributed by atoms with van der Waals surface area (Å²) in [6.07, 6.45) is 2.43. The van der Waals surface area contributed by atoms with Crippen LogP contribution in [0.5, 0.6) is 0 Å². The zero-order valence-corrected chi connectivity index (χ0v) is 13.5. The number of rotatable bonds is 7. The van der Waals surface area contributed by atoms with Crippen LogP contribution in [0.3, 0.4) is 0 Å². The number of aromatic nitrogens is 1. The Kier molecular flexibility index (Phi) is 6.14. The lowest BCUT2D eigenvalue weighted by molar-refractivity contribution is -0.118. The van der Waals surface area contributed by atoms with Gasteiger partial charge in [0.1, 0.15) is 0 Å². The highest BCUT2D eigenvalue weighted by Gasteiger charge is 2.07. The van der Waals surface area contributed by atoms with Crippen molar-refractivity contribution in [3.05, 3.63) is 29.1 Å². The van der Waals surface area contributed by atoms with E-state index in [0.29, 0.717) is 19.6 Å². The van der Waals surface area contributed by atoms with Gasteiger partial charge in [-0.25, -0.2) is 0 Å². The molecule has 0 bridgehead atoms. The minimum Gasteiger partial charge on any atom is -0.380 e. The highest BCUT2D eigenvalue weighted by molar-refractivity contribution is 7.16.